The molecule has 0 aliphatic rings. The van der Waals surface area contributed by atoms with Crippen LogP contribution in [-0.2, 0) is 4.79 Å². The number of carbonyl (C=O) groups excluding carboxylic acids is 1. The van der Waals surface area contributed by atoms with Gasteiger partial charge in [-0.05, 0) is 30.6 Å². The Morgan fingerprint density at radius 1 is 1.20 bits per heavy atom. The van der Waals surface area contributed by atoms with Gasteiger partial charge in [0.25, 0.3) is 0 Å². The molecule has 0 spiro atoms. The number of amides is 1. The summed E-state index contributed by atoms with van der Waals surface area (Å²) in [7, 11) is 1.58. The molecule has 5 nitrogen and oxygen atoms in total. The van der Waals surface area contributed by atoms with E-state index in [0.717, 1.165) is 9.90 Å². The number of aromatic nitrogens is 2. The van der Waals surface area contributed by atoms with E-state index < -0.39 is 0 Å². The first-order valence-electron chi connectivity index (χ1n) is 7.62. The van der Waals surface area contributed by atoms with Gasteiger partial charge in [0, 0.05) is 5.56 Å². The van der Waals surface area contributed by atoms with Crippen molar-refractivity contribution in [3.63, 3.8) is 0 Å². The van der Waals surface area contributed by atoms with Crippen molar-refractivity contribution in [3.05, 3.63) is 54.1 Å². The number of rotatable bonds is 6. The van der Waals surface area contributed by atoms with Crippen molar-refractivity contribution in [2.24, 2.45) is 0 Å². The van der Waals surface area contributed by atoms with Crippen LogP contribution in [0.5, 0.6) is 5.75 Å². The Morgan fingerprint density at radius 2 is 1.96 bits per heavy atom. The van der Waals surface area contributed by atoms with Gasteiger partial charge in [0.2, 0.25) is 5.91 Å². The van der Waals surface area contributed by atoms with Gasteiger partial charge >= 0.3 is 0 Å². The van der Waals surface area contributed by atoms with Crippen LogP contribution in [0.2, 0.25) is 0 Å². The molecule has 1 N–H and O–H groups in total. The van der Waals surface area contributed by atoms with E-state index in [1.807, 2.05) is 49.4 Å². The third kappa shape index (κ3) is 4.58. The molecule has 1 aromatic heterocycles. The summed E-state index contributed by atoms with van der Waals surface area (Å²) in [6.45, 7) is 2.04. The highest BCUT2D eigenvalue weighted by Gasteiger charge is 2.11. The molecule has 3 rings (SSSR count). The van der Waals surface area contributed by atoms with Crippen LogP contribution in [0.1, 0.15) is 5.56 Å². The maximum absolute atomic E-state index is 12.1. The van der Waals surface area contributed by atoms with Gasteiger partial charge in [0.15, 0.2) is 10.2 Å². The minimum absolute atomic E-state index is 0.110. The van der Waals surface area contributed by atoms with Crippen LogP contribution in [0.15, 0.2) is 52.9 Å². The van der Waals surface area contributed by atoms with Crippen LogP contribution in [0.4, 0.5) is 5.69 Å². The molecule has 1 amide bonds. The van der Waals surface area contributed by atoms with E-state index in [1.54, 1.807) is 13.2 Å². The van der Waals surface area contributed by atoms with E-state index >= 15 is 0 Å². The largest absolute Gasteiger partial charge is 0.495 e. The van der Waals surface area contributed by atoms with Gasteiger partial charge in [-0.25, -0.2) is 4.98 Å². The summed E-state index contributed by atoms with van der Waals surface area (Å²) >= 11 is 2.67. The maximum Gasteiger partial charge on any atom is 0.234 e. The Hall–Kier alpha value is -2.38. The second kappa shape index (κ2) is 8.13. The molecule has 1 heterocycles. The molecule has 2 aromatic carbocycles. The number of benzene rings is 2. The highest BCUT2D eigenvalue weighted by atomic mass is 32.2. The lowest BCUT2D eigenvalue weighted by Gasteiger charge is -2.08. The van der Waals surface area contributed by atoms with E-state index in [0.29, 0.717) is 17.3 Å². The highest BCUT2D eigenvalue weighted by Crippen LogP contribution is 2.27. The minimum atomic E-state index is -0.110. The molecule has 0 aliphatic carbocycles. The average Bonchev–Trinajstić information content (AvgIpc) is 3.10. The quantitative estimate of drug-likeness (QED) is 0.656. The van der Waals surface area contributed by atoms with Crippen molar-refractivity contribution in [1.82, 2.24) is 9.36 Å². The number of ether oxygens (including phenoxy) is 1. The lowest BCUT2D eigenvalue weighted by Crippen LogP contribution is -2.14. The number of hydrogen-bond acceptors (Lipinski definition) is 6. The van der Waals surface area contributed by atoms with Crippen molar-refractivity contribution in [3.8, 4) is 17.1 Å². The van der Waals surface area contributed by atoms with Gasteiger partial charge in [-0.1, -0.05) is 53.7 Å². The molecule has 0 saturated heterocycles. The zero-order valence-electron chi connectivity index (χ0n) is 13.9. The van der Waals surface area contributed by atoms with Crippen molar-refractivity contribution in [2.75, 3.05) is 18.2 Å². The Morgan fingerprint density at radius 3 is 2.72 bits per heavy atom. The minimum Gasteiger partial charge on any atom is -0.495 e. The Kier molecular flexibility index (Phi) is 5.67. The van der Waals surface area contributed by atoms with E-state index in [4.69, 9.17) is 4.74 Å². The first-order chi connectivity index (χ1) is 12.2. The molecule has 128 valence electrons. The number of aryl methyl sites for hydroxylation is 1. The number of nitrogens with zero attached hydrogens (tertiary/aromatic N) is 2. The molecule has 0 saturated carbocycles. The predicted molar refractivity (Wildman–Crippen MR) is 102 cm³/mol. The highest BCUT2D eigenvalue weighted by molar-refractivity contribution is 8.01. The second-order valence-corrected chi connectivity index (χ2v) is 7.26. The molecule has 0 radical (unpaired) electrons. The summed E-state index contributed by atoms with van der Waals surface area (Å²) in [4.78, 5) is 16.6. The lowest BCUT2D eigenvalue weighted by molar-refractivity contribution is -0.113. The fourth-order valence-electron chi connectivity index (χ4n) is 2.15. The predicted octanol–water partition coefficient (Wildman–Crippen LogP) is 4.25. The third-order valence-electron chi connectivity index (χ3n) is 3.42. The van der Waals surface area contributed by atoms with Crippen LogP contribution >= 0.6 is 23.3 Å². The van der Waals surface area contributed by atoms with Crippen LogP contribution < -0.4 is 10.1 Å². The fourth-order valence-corrected chi connectivity index (χ4v) is 3.56. The molecule has 7 heteroatoms. The van der Waals surface area contributed by atoms with E-state index in [-0.39, 0.29) is 11.7 Å². The molecular weight excluding hydrogens is 354 g/mol. The van der Waals surface area contributed by atoms with Crippen LogP contribution in [-0.4, -0.2) is 28.1 Å². The number of carbonyl (C=O) groups is 1. The van der Waals surface area contributed by atoms with Gasteiger partial charge in [-0.2, -0.15) is 4.37 Å². The maximum atomic E-state index is 12.1. The summed E-state index contributed by atoms with van der Waals surface area (Å²) in [6.07, 6.45) is 0. The Labute approximate surface area is 154 Å². The zero-order chi connectivity index (χ0) is 17.6. The van der Waals surface area contributed by atoms with Crippen molar-refractivity contribution in [2.45, 2.75) is 11.3 Å². The van der Waals surface area contributed by atoms with Gasteiger partial charge in [0.05, 0.1) is 18.6 Å². The number of nitrogens with one attached hydrogen (secondary N) is 1. The monoisotopic (exact) mass is 371 g/mol. The first kappa shape index (κ1) is 17.4. The smallest absolute Gasteiger partial charge is 0.234 e. The van der Waals surface area contributed by atoms with Crippen molar-refractivity contribution in [1.29, 1.82) is 0 Å². The number of anilines is 1. The molecule has 0 fully saturated rings. The molecule has 0 atom stereocenters. The van der Waals surface area contributed by atoms with Crippen molar-refractivity contribution >= 4 is 34.9 Å². The molecule has 0 bridgehead atoms. The molecular formula is C18H17N3O2S2. The van der Waals surface area contributed by atoms with Gasteiger partial charge in [-0.3, -0.25) is 4.79 Å². The Balaban J connectivity index is 1.58. The van der Waals surface area contributed by atoms with E-state index in [2.05, 4.69) is 14.7 Å². The summed E-state index contributed by atoms with van der Waals surface area (Å²) in [5.74, 6) is 1.48. The van der Waals surface area contributed by atoms with Crippen molar-refractivity contribution < 1.29 is 9.53 Å². The SMILES string of the molecule is COc1ccccc1NC(=O)CSc1nc(-c2ccc(C)cc2)ns1. The van der Waals surface area contributed by atoms with E-state index in [9.17, 15) is 4.79 Å². The van der Waals surface area contributed by atoms with Crippen LogP contribution in [0.3, 0.4) is 0 Å². The normalized spacial score (nSPS) is 10.5. The topological polar surface area (TPSA) is 64.1 Å². The average molecular weight is 371 g/mol. The van der Waals surface area contributed by atoms with Crippen LogP contribution in [0, 0.1) is 6.92 Å². The fraction of sp³-hybridized carbons (Fsp3) is 0.167. The molecule has 0 unspecified atom stereocenters. The summed E-state index contributed by atoms with van der Waals surface area (Å²) in [5.41, 5.74) is 2.84. The summed E-state index contributed by atoms with van der Waals surface area (Å²) in [5, 5.41) is 2.85. The van der Waals surface area contributed by atoms with Gasteiger partial charge < -0.3 is 10.1 Å². The summed E-state index contributed by atoms with van der Waals surface area (Å²) < 4.78 is 10.4. The molecule has 0 aliphatic heterocycles. The number of para-hydroxylation sites is 2. The second-order valence-electron chi connectivity index (χ2n) is 5.29. The molecule has 25 heavy (non-hydrogen) atoms. The number of thioether (sulfide) groups is 1. The van der Waals surface area contributed by atoms with Crippen LogP contribution in [0.25, 0.3) is 11.4 Å². The van der Waals surface area contributed by atoms with E-state index in [1.165, 1.54) is 28.9 Å². The standard InChI is InChI=1S/C18H17N3O2S2/c1-12-7-9-13(10-8-12)17-20-18(25-21-17)24-11-16(22)19-14-5-3-4-6-15(14)23-2/h3-10H,11H2,1-2H3,(H,19,22). The number of methoxy groups -OCH3 is 1. The molecule has 3 aromatic rings. The number of hydrogen-bond donors (Lipinski definition) is 1. The lowest BCUT2D eigenvalue weighted by atomic mass is 10.1. The Bertz CT molecular complexity index is 863. The zero-order valence-corrected chi connectivity index (χ0v) is 15.5. The van der Waals surface area contributed by atoms with Gasteiger partial charge in [0.1, 0.15) is 5.75 Å². The third-order valence-corrected chi connectivity index (χ3v) is 5.26. The first-order valence-corrected chi connectivity index (χ1v) is 9.38. The van der Waals surface area contributed by atoms with Gasteiger partial charge in [-0.15, -0.1) is 0 Å². The summed E-state index contributed by atoms with van der Waals surface area (Å²) in [6, 6.07) is 15.4.